The number of carboxylic acids is 2. The second-order valence-corrected chi connectivity index (χ2v) is 13.2. The van der Waals surface area contributed by atoms with E-state index in [1.54, 1.807) is 42.7 Å². The summed E-state index contributed by atoms with van der Waals surface area (Å²) in [6.45, 7) is 9.98. The van der Waals surface area contributed by atoms with E-state index in [1.807, 2.05) is 25.7 Å². The molecule has 0 aromatic heterocycles. The van der Waals surface area contributed by atoms with Crippen molar-refractivity contribution in [1.29, 1.82) is 0 Å². The number of rotatable bonds is 10. The average Bonchev–Trinajstić information content (AvgIpc) is 3.34. The number of allylic oxidation sites excluding steroid dienone is 5. The number of hydrogen-bond acceptors (Lipinski definition) is 5. The van der Waals surface area contributed by atoms with E-state index in [2.05, 4.69) is 0 Å². The number of benzene rings is 2. The smallest absolute Gasteiger partial charge is 0.389 e. The zero-order valence-electron chi connectivity index (χ0n) is 26.9. The second-order valence-electron chi connectivity index (χ2n) is 13.2. The lowest BCUT2D eigenvalue weighted by molar-refractivity contribution is -0.439. The number of nitrogens with zero attached hydrogens (tertiary/aromatic N) is 2. The van der Waals surface area contributed by atoms with E-state index < -0.39 is 46.9 Å². The van der Waals surface area contributed by atoms with Gasteiger partial charge in [0.1, 0.15) is 6.54 Å². The van der Waals surface area contributed by atoms with E-state index in [0.717, 1.165) is 24.1 Å². The molecule has 0 amide bonds. The first-order valence-electron chi connectivity index (χ1n) is 15.5. The molecule has 0 spiro atoms. The minimum absolute atomic E-state index is 0.0160. The molecule has 0 fully saturated rings. The van der Waals surface area contributed by atoms with E-state index in [1.165, 1.54) is 24.3 Å². The number of halogens is 3. The first-order chi connectivity index (χ1) is 21.9. The molecule has 11 heteroatoms. The van der Waals surface area contributed by atoms with E-state index in [4.69, 9.17) is 0 Å². The summed E-state index contributed by atoms with van der Waals surface area (Å²) in [7, 11) is 0. The maximum Gasteiger partial charge on any atom is 0.389 e. The summed E-state index contributed by atoms with van der Waals surface area (Å²) in [5.74, 6) is -3.22. The molecule has 3 aliphatic rings. The number of anilines is 1. The van der Waals surface area contributed by atoms with Gasteiger partial charge in [-0.05, 0) is 62.2 Å². The molecule has 5 rings (SSSR count). The van der Waals surface area contributed by atoms with Gasteiger partial charge in [-0.1, -0.05) is 33.0 Å². The number of hydrogen-bond donors (Lipinski definition) is 2. The zero-order chi connectivity index (χ0) is 34.6. The van der Waals surface area contributed by atoms with Crippen LogP contribution in [0.1, 0.15) is 92.1 Å². The van der Waals surface area contributed by atoms with Gasteiger partial charge in [0.05, 0.1) is 16.5 Å². The van der Waals surface area contributed by atoms with Gasteiger partial charge in [-0.15, -0.1) is 0 Å². The van der Waals surface area contributed by atoms with Crippen LogP contribution < -0.4 is 10.0 Å². The number of ketones is 1. The fourth-order valence-electron chi connectivity index (χ4n) is 6.74. The highest BCUT2D eigenvalue weighted by atomic mass is 19.4. The van der Waals surface area contributed by atoms with E-state index in [0.29, 0.717) is 29.2 Å². The van der Waals surface area contributed by atoms with Crippen LogP contribution in [0.15, 0.2) is 71.2 Å². The molecule has 2 aliphatic heterocycles. The first-order valence-corrected chi connectivity index (χ1v) is 15.5. The third kappa shape index (κ3) is 5.87. The van der Waals surface area contributed by atoms with Crippen LogP contribution in [0.3, 0.4) is 0 Å². The highest BCUT2D eigenvalue weighted by molar-refractivity contribution is 6.24. The Balaban J connectivity index is 1.58. The van der Waals surface area contributed by atoms with Gasteiger partial charge in [0.15, 0.2) is 11.5 Å². The Bertz CT molecular complexity index is 1830. The summed E-state index contributed by atoms with van der Waals surface area (Å²) in [6.07, 6.45) is -0.920. The number of Topliss-reactive ketones (excluding diaryl/α,β-unsaturated/α-hetero) is 1. The van der Waals surface area contributed by atoms with E-state index >= 15 is 0 Å². The molecule has 2 heterocycles. The van der Waals surface area contributed by atoms with Crippen LogP contribution in [-0.2, 0) is 15.6 Å². The third-order valence-corrected chi connectivity index (χ3v) is 9.40. The zero-order valence-corrected chi connectivity index (χ0v) is 26.9. The van der Waals surface area contributed by atoms with Crippen molar-refractivity contribution in [2.45, 2.75) is 77.3 Å². The van der Waals surface area contributed by atoms with Crippen molar-refractivity contribution in [2.75, 3.05) is 18.0 Å². The highest BCUT2D eigenvalue weighted by Crippen LogP contribution is 2.49. The lowest BCUT2D eigenvalue weighted by Crippen LogP contribution is -2.35. The summed E-state index contributed by atoms with van der Waals surface area (Å²) in [6, 6.07) is 9.31. The maximum absolute atomic E-state index is 13.6. The average molecular weight is 651 g/mol. The molecule has 2 aromatic carbocycles. The summed E-state index contributed by atoms with van der Waals surface area (Å²) >= 11 is 0. The Morgan fingerprint density at radius 2 is 1.55 bits per heavy atom. The monoisotopic (exact) mass is 650 g/mol. The quantitative estimate of drug-likeness (QED) is 0.225. The Hall–Kier alpha value is -4.67. The Kier molecular flexibility index (Phi) is 8.49. The minimum Gasteiger partial charge on any atom is -0.871 e. The summed E-state index contributed by atoms with van der Waals surface area (Å²) in [4.78, 5) is 39.1. The molecule has 0 saturated heterocycles. The van der Waals surface area contributed by atoms with Crippen LogP contribution in [0, 0.1) is 0 Å². The topological polar surface area (TPSA) is 121 Å². The van der Waals surface area contributed by atoms with Gasteiger partial charge < -0.3 is 20.2 Å². The fraction of sp³-hybridized carbons (Fsp3) is 0.389. The van der Waals surface area contributed by atoms with Crippen molar-refractivity contribution >= 4 is 34.8 Å². The van der Waals surface area contributed by atoms with E-state index in [-0.39, 0.29) is 35.2 Å². The first kappa shape index (κ1) is 33.7. The van der Waals surface area contributed by atoms with Gasteiger partial charge in [0, 0.05) is 65.0 Å². The standard InChI is InChI=1S/C36H37F3N2O6/c1-6-7-14-40-26-11-9-20(32(44)45)16-24(26)34(2,3)28(40)18-22-30(42)23(31(22)43)19-29-35(4,5)25-17-21(33(46)47)10-12-27(25)41(29)15-8-13-36(37,38)39/h9-12,16-19H,6-8,13-15H2,1-5H3,(H2-,42,43,44,45,46,47). The summed E-state index contributed by atoms with van der Waals surface area (Å²) in [5, 5.41) is 32.8. The van der Waals surface area contributed by atoms with Crippen molar-refractivity contribution in [3.8, 4) is 0 Å². The molecule has 0 unspecified atom stereocenters. The van der Waals surface area contributed by atoms with Gasteiger partial charge >= 0.3 is 18.1 Å². The van der Waals surface area contributed by atoms with Crippen molar-refractivity contribution in [1.82, 2.24) is 0 Å². The lowest BCUT2D eigenvalue weighted by atomic mass is 9.77. The van der Waals surface area contributed by atoms with Gasteiger partial charge in [-0.25, -0.2) is 9.59 Å². The SMILES string of the molecule is CCCCN1/C(=C/C2=C([O-])C(=C\C3=[N+](CCCC(F)(F)F)c4ccc(C(=O)O)cc4C3(C)C)/C2=O)C(C)(C)c2cc(C(=O)O)ccc21. The van der Waals surface area contributed by atoms with Gasteiger partial charge in [0.25, 0.3) is 0 Å². The van der Waals surface area contributed by atoms with Crippen molar-refractivity contribution in [3.63, 3.8) is 0 Å². The molecule has 0 saturated carbocycles. The van der Waals surface area contributed by atoms with Crippen LogP contribution in [0.25, 0.3) is 0 Å². The summed E-state index contributed by atoms with van der Waals surface area (Å²) in [5.41, 5.74) is 2.17. The molecule has 0 atom stereocenters. The predicted molar refractivity (Wildman–Crippen MR) is 168 cm³/mol. The number of unbranched alkanes of at least 4 members (excludes halogenated alkanes) is 1. The molecular weight excluding hydrogens is 613 g/mol. The molecule has 0 radical (unpaired) electrons. The number of aromatic carboxylic acids is 2. The minimum atomic E-state index is -4.37. The number of alkyl halides is 3. The van der Waals surface area contributed by atoms with Crippen LogP contribution in [-0.4, -0.2) is 57.5 Å². The number of carbonyl (C=O) groups is 3. The number of fused-ring (bicyclic) bond motifs is 2. The van der Waals surface area contributed by atoms with Crippen LogP contribution >= 0.6 is 0 Å². The van der Waals surface area contributed by atoms with Crippen molar-refractivity contribution in [3.05, 3.63) is 93.4 Å². The van der Waals surface area contributed by atoms with Gasteiger partial charge in [-0.2, -0.15) is 17.7 Å². The van der Waals surface area contributed by atoms with Crippen molar-refractivity contribution < 1.29 is 47.4 Å². The normalized spacial score (nSPS) is 19.8. The number of carbonyl (C=O) groups excluding carboxylic acids is 1. The summed E-state index contributed by atoms with van der Waals surface area (Å²) < 4.78 is 40.8. The molecule has 0 bridgehead atoms. The number of carboxylic acid groups (broad SMARTS) is 2. The molecule has 2 N–H and O–H groups in total. The molecule has 1 aliphatic carbocycles. The molecular formula is C36H37F3N2O6. The van der Waals surface area contributed by atoms with Gasteiger partial charge in [-0.3, -0.25) is 4.79 Å². The second kappa shape index (κ2) is 11.8. The fourth-order valence-corrected chi connectivity index (χ4v) is 6.74. The lowest BCUT2D eigenvalue weighted by Gasteiger charge is -2.33. The molecule has 2 aromatic rings. The van der Waals surface area contributed by atoms with Crippen LogP contribution in [0.4, 0.5) is 24.5 Å². The molecule has 47 heavy (non-hydrogen) atoms. The van der Waals surface area contributed by atoms with E-state index in [9.17, 15) is 42.9 Å². The Morgan fingerprint density at radius 1 is 0.936 bits per heavy atom. The third-order valence-electron chi connectivity index (χ3n) is 9.40. The Morgan fingerprint density at radius 3 is 2.13 bits per heavy atom. The van der Waals surface area contributed by atoms with Gasteiger partial charge in [0.2, 0.25) is 5.69 Å². The maximum atomic E-state index is 13.6. The molecule has 8 nitrogen and oxygen atoms in total. The van der Waals surface area contributed by atoms with Crippen LogP contribution in [0.5, 0.6) is 0 Å². The highest BCUT2D eigenvalue weighted by Gasteiger charge is 2.47. The largest absolute Gasteiger partial charge is 0.871 e. The Labute approximate surface area is 270 Å². The van der Waals surface area contributed by atoms with Crippen molar-refractivity contribution in [2.24, 2.45) is 0 Å². The molecule has 248 valence electrons. The van der Waals surface area contributed by atoms with Crippen LogP contribution in [0.2, 0.25) is 0 Å². The predicted octanol–water partition coefficient (Wildman–Crippen LogP) is 6.41.